The van der Waals surface area contributed by atoms with Crippen molar-refractivity contribution in [2.45, 2.75) is 156 Å². The Morgan fingerprint density at radius 3 is 1.10 bits per heavy atom. The molecule has 4 aromatic heterocycles. The zero-order chi connectivity index (χ0) is 63.5. The van der Waals surface area contributed by atoms with Crippen LogP contribution in [0.2, 0.25) is 15.3 Å². The van der Waals surface area contributed by atoms with E-state index in [-0.39, 0.29) is 23.5 Å². The largest absolute Gasteiger partial charge is 0.480 e. The molecule has 8 bridgehead atoms. The molecule has 88 heavy (non-hydrogen) atoms. The Hall–Kier alpha value is -5.48. The van der Waals surface area contributed by atoms with Gasteiger partial charge in [0.1, 0.15) is 16.8 Å². The molecule has 8 aliphatic rings. The second kappa shape index (κ2) is 30.6. The van der Waals surface area contributed by atoms with Gasteiger partial charge in [-0.15, -0.1) is 20.4 Å². The summed E-state index contributed by atoms with van der Waals surface area (Å²) in [7, 11) is 3.22. The van der Waals surface area contributed by atoms with Gasteiger partial charge in [-0.05, 0) is 198 Å². The lowest BCUT2D eigenvalue weighted by Crippen LogP contribution is -2.48. The smallest absolute Gasteiger partial charge is 0.306 e. The number of nitrogens with one attached hydrogen (secondary N) is 1. The average Bonchev–Trinajstić information content (AvgIpc) is 2.33. The van der Waals surface area contributed by atoms with Crippen molar-refractivity contribution in [2.75, 3.05) is 81.3 Å². The summed E-state index contributed by atoms with van der Waals surface area (Å²) in [6.07, 6.45) is 18.3. The van der Waals surface area contributed by atoms with Crippen molar-refractivity contribution in [1.82, 2.24) is 46.1 Å². The molecule has 4 aliphatic carbocycles. The first-order chi connectivity index (χ1) is 41.7. The van der Waals surface area contributed by atoms with Crippen molar-refractivity contribution < 1.29 is 38.1 Å². The molecule has 0 aromatic carbocycles. The van der Waals surface area contributed by atoms with E-state index in [1.807, 2.05) is 80.5 Å². The van der Waals surface area contributed by atoms with Crippen molar-refractivity contribution in [3.05, 3.63) is 64.4 Å². The van der Waals surface area contributed by atoms with Gasteiger partial charge in [-0.3, -0.25) is 14.4 Å². The monoisotopic (exact) mass is 1280 g/mol. The molecule has 0 radical (unpaired) electrons. The summed E-state index contributed by atoms with van der Waals surface area (Å²) < 4.78 is 26.7. The highest BCUT2D eigenvalue weighted by Gasteiger charge is 2.46. The second-order valence-electron chi connectivity index (χ2n) is 28.0. The minimum atomic E-state index is -0.407. The fraction of sp³-hybridized carbons (Fsp3) is 0.703. The molecule has 4 saturated carbocycles. The van der Waals surface area contributed by atoms with Crippen molar-refractivity contribution >= 4 is 69.8 Å². The minimum Gasteiger partial charge on any atom is -0.480 e. The Balaban J connectivity index is 0.000000147. The fourth-order valence-electron chi connectivity index (χ4n) is 14.5. The number of piperidine rings is 4. The van der Waals surface area contributed by atoms with Crippen LogP contribution < -0.4 is 35.2 Å². The zero-order valence-corrected chi connectivity index (χ0v) is 55.6. The maximum atomic E-state index is 12.2. The quantitative estimate of drug-likeness (QED) is 0.105. The number of fused-ring (bicyclic) bond motifs is 8. The number of methoxy groups -OCH3 is 2. The third-order valence-corrected chi connectivity index (χ3v) is 18.9. The molecular formula is C64H94Cl3N13O8. The molecule has 8 fully saturated rings. The van der Waals surface area contributed by atoms with E-state index >= 15 is 0 Å². The first-order valence-electron chi connectivity index (χ1n) is 31.4. The number of carbonyl (C=O) groups is 3. The van der Waals surface area contributed by atoms with Crippen LogP contribution in [0.5, 0.6) is 11.8 Å². The van der Waals surface area contributed by atoms with Crippen molar-refractivity contribution in [2.24, 2.45) is 70.8 Å². The summed E-state index contributed by atoms with van der Waals surface area (Å²) in [5.41, 5.74) is 8.22. The maximum absolute atomic E-state index is 12.2. The van der Waals surface area contributed by atoms with Crippen LogP contribution in [0.15, 0.2) is 49.1 Å². The highest BCUT2D eigenvalue weighted by atomic mass is 35.5. The number of nitrogens with two attached hydrogens (primary N) is 1. The number of hydrogen-bond acceptors (Lipinski definition) is 21. The lowest BCUT2D eigenvalue weighted by atomic mass is 9.82. The number of hydrogen-bond donors (Lipinski definition) is 2. The summed E-state index contributed by atoms with van der Waals surface area (Å²) in [6, 6.07) is 7.66. The highest BCUT2D eigenvalue weighted by Crippen LogP contribution is 2.47. The zero-order valence-electron chi connectivity index (χ0n) is 53.4. The van der Waals surface area contributed by atoms with Crippen molar-refractivity contribution in [3.8, 4) is 11.8 Å². The molecule has 12 atom stereocenters. The van der Waals surface area contributed by atoms with E-state index in [9.17, 15) is 14.4 Å². The van der Waals surface area contributed by atoms with Gasteiger partial charge in [-0.2, -0.15) is 20.4 Å². The molecule has 4 aromatic rings. The number of ether oxygens (including phenoxy) is 5. The summed E-state index contributed by atoms with van der Waals surface area (Å²) in [4.78, 5) is 43.2. The van der Waals surface area contributed by atoms with Gasteiger partial charge in [0.25, 0.3) is 0 Å². The van der Waals surface area contributed by atoms with Crippen LogP contribution in [0.25, 0.3) is 0 Å². The third-order valence-electron chi connectivity index (χ3n) is 18.3. The Morgan fingerprint density at radius 1 is 0.466 bits per heavy atom. The highest BCUT2D eigenvalue weighted by molar-refractivity contribution is 6.33. The topological polar surface area (TPSA) is 248 Å². The molecule has 4 saturated heterocycles. The third kappa shape index (κ3) is 20.0. The normalized spacial score (nSPS) is 27.4. The molecule has 4 aliphatic heterocycles. The summed E-state index contributed by atoms with van der Waals surface area (Å²) in [5, 5.41) is 35.2. The number of esters is 3. The first kappa shape index (κ1) is 68.4. The SMILES string of the molecule is CC(C)(C)OC(=O)CC1[C@@H]2CC[C@H]1CN(c1cnnc(Cl)c1)C2.CC(C)(C)OC(=O)CC1[C@@H]2CC[C@H]1CNC2.COc1cc(N2C[C@H]3CC[C@@H](C2)C3CC(=O)OC(C)(C)C)cnn1.COc1cc(N2C[C@H]3CC[C@@H](C2)C3N)cnn1.Clc1cnnc(Cl)c1. The lowest BCUT2D eigenvalue weighted by Gasteiger charge is -2.39. The van der Waals surface area contributed by atoms with Crippen LogP contribution >= 0.6 is 34.8 Å². The van der Waals surface area contributed by atoms with Gasteiger partial charge in [-0.25, -0.2) is 0 Å². The molecular weight excluding hydrogens is 1190 g/mol. The van der Waals surface area contributed by atoms with Gasteiger partial charge in [0.15, 0.2) is 10.3 Å². The number of aromatic nitrogens is 8. The van der Waals surface area contributed by atoms with E-state index in [1.165, 1.54) is 63.6 Å². The van der Waals surface area contributed by atoms with Gasteiger partial charge in [0.05, 0.1) is 61.1 Å². The Kier molecular flexibility index (Phi) is 23.8. The van der Waals surface area contributed by atoms with Gasteiger partial charge >= 0.3 is 17.9 Å². The summed E-state index contributed by atoms with van der Waals surface area (Å²) in [6.45, 7) is 25.4. The van der Waals surface area contributed by atoms with Crippen LogP contribution in [0.3, 0.4) is 0 Å². The van der Waals surface area contributed by atoms with E-state index in [4.69, 9.17) is 64.2 Å². The number of rotatable bonds is 11. The average molecular weight is 1280 g/mol. The number of nitrogens with zero attached hydrogens (tertiary/aromatic N) is 11. The van der Waals surface area contributed by atoms with E-state index in [0.717, 1.165) is 69.4 Å². The molecule has 21 nitrogen and oxygen atoms in total. The fourth-order valence-corrected chi connectivity index (χ4v) is 15.1. The van der Waals surface area contributed by atoms with Crippen LogP contribution in [0.1, 0.15) is 133 Å². The molecule has 484 valence electrons. The Labute approximate surface area is 535 Å². The predicted molar refractivity (Wildman–Crippen MR) is 340 cm³/mol. The predicted octanol–water partition coefficient (Wildman–Crippen LogP) is 10.4. The lowest BCUT2D eigenvalue weighted by molar-refractivity contribution is -0.158. The first-order valence-corrected chi connectivity index (χ1v) is 32.5. The molecule has 12 rings (SSSR count). The number of halogens is 3. The molecule has 0 amide bonds. The molecule has 3 N–H and O–H groups in total. The van der Waals surface area contributed by atoms with E-state index in [0.29, 0.717) is 117 Å². The Bertz CT molecular complexity index is 2860. The molecule has 4 unspecified atom stereocenters. The van der Waals surface area contributed by atoms with Gasteiger partial charge < -0.3 is 49.4 Å². The van der Waals surface area contributed by atoms with Crippen LogP contribution in [-0.4, -0.2) is 148 Å². The number of carbonyl (C=O) groups excluding carboxylic acids is 3. The van der Waals surface area contributed by atoms with Crippen LogP contribution in [0, 0.1) is 65.1 Å². The van der Waals surface area contributed by atoms with E-state index < -0.39 is 11.2 Å². The number of anilines is 3. The van der Waals surface area contributed by atoms with Gasteiger partial charge in [0.2, 0.25) is 11.8 Å². The van der Waals surface area contributed by atoms with Crippen molar-refractivity contribution in [1.29, 1.82) is 0 Å². The molecule has 0 spiro atoms. The second-order valence-corrected chi connectivity index (χ2v) is 29.3. The van der Waals surface area contributed by atoms with E-state index in [2.05, 4.69) is 60.8 Å². The van der Waals surface area contributed by atoms with Crippen LogP contribution in [0.4, 0.5) is 17.1 Å². The molecule has 8 heterocycles. The van der Waals surface area contributed by atoms with E-state index in [1.54, 1.807) is 32.8 Å². The molecule has 24 heteroatoms. The van der Waals surface area contributed by atoms with Crippen LogP contribution in [-0.2, 0) is 28.6 Å². The van der Waals surface area contributed by atoms with Gasteiger partial charge in [-0.1, -0.05) is 34.8 Å². The summed E-state index contributed by atoms with van der Waals surface area (Å²) >= 11 is 16.8. The standard InChI is InChI=1S/C18H27N3O3.C17H24ClN3O2.C13H23NO2.C12H18N4O.C4H2Cl2N2/c1-18(2,3)24-17(22)8-15-12-5-6-13(15)11-21(10-12)14-7-16(23-4)20-19-9-14;1-17(2,3)23-16(22)7-14-11-4-5-12(14)10-21(9-11)13-6-15(18)20-19-8-13;1-13(2,3)16-12(15)6-11-9-4-5-10(11)8-14-7-9;1-17-11-4-10(5-14-15-11)16-6-8-2-3-9(7-16)12(8)13;5-3-1-4(6)8-7-2-3/h7,9,12-13,15H,5-6,8,10-11H2,1-4H3;6,8,11-12,14H,4-5,7,9-10H2,1-3H3;9-11,14H,4-8H2,1-3H3;4-5,8-9,12H,2-3,6-7,13H2,1H3;1-2H/t12-,13+,15?;11-,12+,14?;9-,10+,11?;8-,9+,12?;. The summed E-state index contributed by atoms with van der Waals surface area (Å²) in [5.74, 6) is 7.21. The van der Waals surface area contributed by atoms with Gasteiger partial charge in [0, 0.05) is 82.8 Å². The minimum absolute atomic E-state index is 0.0173. The maximum Gasteiger partial charge on any atom is 0.306 e. The van der Waals surface area contributed by atoms with Crippen molar-refractivity contribution in [3.63, 3.8) is 0 Å². The Morgan fingerprint density at radius 2 is 0.773 bits per heavy atom.